The molecular weight excluding hydrogens is 418 g/mol. The van der Waals surface area contributed by atoms with Crippen LogP contribution in [0.4, 0.5) is 10.5 Å². The first-order valence-corrected chi connectivity index (χ1v) is 11.0. The zero-order valence-corrected chi connectivity index (χ0v) is 19.1. The Kier molecular flexibility index (Phi) is 8.02. The van der Waals surface area contributed by atoms with Crippen molar-refractivity contribution in [1.29, 1.82) is 0 Å². The van der Waals surface area contributed by atoms with Crippen molar-refractivity contribution in [2.75, 3.05) is 19.0 Å². The van der Waals surface area contributed by atoms with Crippen LogP contribution in [0.15, 0.2) is 71.9 Å². The van der Waals surface area contributed by atoms with Crippen molar-refractivity contribution < 1.29 is 19.1 Å². The topological polar surface area (TPSA) is 87.7 Å². The third-order valence-corrected chi connectivity index (χ3v) is 5.45. The fourth-order valence-corrected chi connectivity index (χ4v) is 3.71. The van der Waals surface area contributed by atoms with Gasteiger partial charge in [-0.3, -0.25) is 9.69 Å². The molecule has 0 saturated heterocycles. The number of unbranched alkanes of at least 4 members (excludes halogenated alkanes) is 1. The number of rotatable bonds is 8. The van der Waals surface area contributed by atoms with E-state index in [1.54, 1.807) is 42.2 Å². The minimum absolute atomic E-state index is 0.265. The van der Waals surface area contributed by atoms with Gasteiger partial charge < -0.3 is 15.4 Å². The summed E-state index contributed by atoms with van der Waals surface area (Å²) in [5.41, 5.74) is 3.09. The highest BCUT2D eigenvalue weighted by molar-refractivity contribution is 6.02. The third-order valence-electron chi connectivity index (χ3n) is 5.45. The van der Waals surface area contributed by atoms with Crippen LogP contribution in [0.25, 0.3) is 6.08 Å². The lowest BCUT2D eigenvalue weighted by Crippen LogP contribution is -2.48. The molecule has 2 aromatic carbocycles. The Morgan fingerprint density at radius 2 is 1.91 bits per heavy atom. The number of nitrogens with zero attached hydrogens (tertiary/aromatic N) is 1. The summed E-state index contributed by atoms with van der Waals surface area (Å²) in [4.78, 5) is 39.4. The largest absolute Gasteiger partial charge is 0.466 e. The monoisotopic (exact) mass is 447 g/mol. The first kappa shape index (κ1) is 23.8. The molecule has 1 unspecified atom stereocenters. The second-order valence-corrected chi connectivity index (χ2v) is 7.74. The maximum Gasteiger partial charge on any atom is 0.337 e. The summed E-state index contributed by atoms with van der Waals surface area (Å²) in [6, 6.07) is 15.7. The number of urea groups is 1. The average Bonchev–Trinajstić information content (AvgIpc) is 2.82. The van der Waals surface area contributed by atoms with Crippen molar-refractivity contribution in [2.24, 2.45) is 0 Å². The lowest BCUT2D eigenvalue weighted by molar-refractivity contribution is -0.136. The van der Waals surface area contributed by atoms with Gasteiger partial charge in [-0.2, -0.15) is 0 Å². The molecule has 1 heterocycles. The number of esters is 1. The second-order valence-electron chi connectivity index (χ2n) is 7.74. The fourth-order valence-electron chi connectivity index (χ4n) is 3.71. The standard InChI is InChI=1S/C26H29N3O4/c1-4-5-16-29-18(2)23(25(31)33-3)24(28-26(29)32)20-12-9-13-21(17-20)27-22(30)15-14-19-10-7-6-8-11-19/h6-15,17,24H,4-5,16H2,1-3H3,(H,27,30)(H,28,32)/b15-14+. The van der Waals surface area contributed by atoms with E-state index < -0.39 is 12.0 Å². The summed E-state index contributed by atoms with van der Waals surface area (Å²) in [5, 5.41) is 5.74. The van der Waals surface area contributed by atoms with Gasteiger partial charge in [-0.25, -0.2) is 9.59 Å². The van der Waals surface area contributed by atoms with Crippen molar-refractivity contribution in [1.82, 2.24) is 10.2 Å². The van der Waals surface area contributed by atoms with E-state index in [2.05, 4.69) is 10.6 Å². The van der Waals surface area contributed by atoms with Crippen LogP contribution in [-0.2, 0) is 14.3 Å². The summed E-state index contributed by atoms with van der Waals surface area (Å²) in [6.45, 7) is 4.32. The average molecular weight is 448 g/mol. The van der Waals surface area contributed by atoms with Crippen LogP contribution in [0.1, 0.15) is 43.9 Å². The maximum absolute atomic E-state index is 12.8. The van der Waals surface area contributed by atoms with E-state index in [4.69, 9.17) is 4.74 Å². The molecule has 0 aromatic heterocycles. The Labute approximate surface area is 194 Å². The summed E-state index contributed by atoms with van der Waals surface area (Å²) < 4.78 is 5.02. The van der Waals surface area contributed by atoms with Crippen LogP contribution >= 0.6 is 0 Å². The van der Waals surface area contributed by atoms with Crippen LogP contribution in [0.5, 0.6) is 0 Å². The molecule has 0 saturated carbocycles. The first-order valence-electron chi connectivity index (χ1n) is 11.0. The van der Waals surface area contributed by atoms with E-state index in [0.717, 1.165) is 18.4 Å². The van der Waals surface area contributed by atoms with Gasteiger partial charge in [0.25, 0.3) is 0 Å². The Bertz CT molecular complexity index is 1080. The summed E-state index contributed by atoms with van der Waals surface area (Å²) in [5.74, 6) is -0.784. The number of anilines is 1. The molecule has 0 radical (unpaired) electrons. The number of methoxy groups -OCH3 is 1. The van der Waals surface area contributed by atoms with Gasteiger partial charge in [0.15, 0.2) is 0 Å². The van der Waals surface area contributed by atoms with Gasteiger partial charge in [0.1, 0.15) is 0 Å². The molecule has 2 aromatic rings. The molecule has 0 bridgehead atoms. The number of carbonyl (C=O) groups excluding carboxylic acids is 3. The van der Waals surface area contributed by atoms with Crippen molar-refractivity contribution in [3.05, 3.63) is 83.1 Å². The molecule has 0 fully saturated rings. The SMILES string of the molecule is CCCCN1C(=O)NC(c2cccc(NC(=O)/C=C/c3ccccc3)c2)C(C(=O)OC)=C1C. The van der Waals surface area contributed by atoms with Crippen molar-refractivity contribution in [2.45, 2.75) is 32.7 Å². The smallest absolute Gasteiger partial charge is 0.337 e. The number of benzene rings is 2. The number of nitrogens with one attached hydrogen (secondary N) is 2. The molecule has 0 aliphatic carbocycles. The van der Waals surface area contributed by atoms with Crippen LogP contribution in [0, 0.1) is 0 Å². The van der Waals surface area contributed by atoms with Gasteiger partial charge in [0.2, 0.25) is 5.91 Å². The fraction of sp³-hybridized carbons (Fsp3) is 0.269. The van der Waals surface area contributed by atoms with Crippen LogP contribution in [0.2, 0.25) is 0 Å². The third kappa shape index (κ3) is 5.88. The van der Waals surface area contributed by atoms with Gasteiger partial charge in [0.05, 0.1) is 18.7 Å². The van der Waals surface area contributed by atoms with Gasteiger partial charge >= 0.3 is 12.0 Å². The lowest BCUT2D eigenvalue weighted by Gasteiger charge is -2.35. The molecule has 1 aliphatic rings. The molecule has 1 atom stereocenters. The number of hydrogen-bond donors (Lipinski definition) is 2. The van der Waals surface area contributed by atoms with Gasteiger partial charge in [-0.1, -0.05) is 55.8 Å². The highest BCUT2D eigenvalue weighted by Gasteiger charge is 2.36. The summed E-state index contributed by atoms with van der Waals surface area (Å²) >= 11 is 0. The number of amides is 3. The normalized spacial score (nSPS) is 16.0. The Morgan fingerprint density at radius 1 is 1.15 bits per heavy atom. The second kappa shape index (κ2) is 11.1. The molecule has 172 valence electrons. The summed E-state index contributed by atoms with van der Waals surface area (Å²) in [6.07, 6.45) is 4.93. The Morgan fingerprint density at radius 3 is 2.61 bits per heavy atom. The van der Waals surface area contributed by atoms with E-state index in [1.807, 2.05) is 37.3 Å². The van der Waals surface area contributed by atoms with Crippen molar-refractivity contribution in [3.63, 3.8) is 0 Å². The van der Waals surface area contributed by atoms with Gasteiger partial charge in [0, 0.05) is 24.0 Å². The van der Waals surface area contributed by atoms with Crippen molar-refractivity contribution in [3.8, 4) is 0 Å². The zero-order valence-electron chi connectivity index (χ0n) is 19.1. The number of ether oxygens (including phenoxy) is 1. The Hall–Kier alpha value is -3.87. The van der Waals surface area contributed by atoms with Crippen LogP contribution in [-0.4, -0.2) is 36.5 Å². The van der Waals surface area contributed by atoms with Crippen LogP contribution < -0.4 is 10.6 Å². The first-order chi connectivity index (χ1) is 15.9. The number of allylic oxidation sites excluding steroid dienone is 1. The highest BCUT2D eigenvalue weighted by Crippen LogP contribution is 2.32. The van der Waals surface area contributed by atoms with E-state index in [1.165, 1.54) is 13.2 Å². The van der Waals surface area contributed by atoms with Gasteiger partial charge in [-0.05, 0) is 42.7 Å². The van der Waals surface area contributed by atoms with Crippen molar-refractivity contribution >= 4 is 29.7 Å². The number of hydrogen-bond acceptors (Lipinski definition) is 4. The molecule has 2 N–H and O–H groups in total. The molecule has 3 rings (SSSR count). The van der Waals surface area contributed by atoms with E-state index >= 15 is 0 Å². The number of carbonyl (C=O) groups is 3. The molecule has 1 aliphatic heterocycles. The predicted molar refractivity (Wildman–Crippen MR) is 128 cm³/mol. The lowest BCUT2D eigenvalue weighted by atomic mass is 9.94. The molecule has 3 amide bonds. The zero-order chi connectivity index (χ0) is 23.8. The maximum atomic E-state index is 12.8. The quantitative estimate of drug-likeness (QED) is 0.455. The minimum atomic E-state index is -0.681. The van der Waals surface area contributed by atoms with E-state index in [9.17, 15) is 14.4 Å². The molecule has 7 heteroatoms. The highest BCUT2D eigenvalue weighted by atomic mass is 16.5. The molecule has 0 spiro atoms. The van der Waals surface area contributed by atoms with E-state index in [0.29, 0.717) is 29.1 Å². The van der Waals surface area contributed by atoms with Crippen LogP contribution in [0.3, 0.4) is 0 Å². The predicted octanol–water partition coefficient (Wildman–Crippen LogP) is 4.65. The molecule has 7 nitrogen and oxygen atoms in total. The van der Waals surface area contributed by atoms with E-state index in [-0.39, 0.29) is 11.9 Å². The minimum Gasteiger partial charge on any atom is -0.466 e. The Balaban J connectivity index is 1.84. The molecule has 33 heavy (non-hydrogen) atoms. The summed E-state index contributed by atoms with van der Waals surface area (Å²) in [7, 11) is 1.32. The van der Waals surface area contributed by atoms with Gasteiger partial charge in [-0.15, -0.1) is 0 Å². The molecular formula is C26H29N3O4.